The molecule has 2 aromatic rings. The number of carbonyl (C=O) groups excluding carboxylic acids is 1. The Morgan fingerprint density at radius 1 is 1.11 bits per heavy atom. The average molecular weight is 370 g/mol. The van der Waals surface area contributed by atoms with Crippen LogP contribution >= 0.6 is 0 Å². The van der Waals surface area contributed by atoms with E-state index in [1.807, 2.05) is 24.0 Å². The molecule has 19 heavy (non-hydrogen) atoms. The predicted octanol–water partition coefficient (Wildman–Crippen LogP) is -1.22. The number of nitrogens with zero attached hydrogens (tertiary/aromatic N) is 1. The molecule has 1 amide bonds. The first-order chi connectivity index (χ1) is 8.69. The highest BCUT2D eigenvalue weighted by Crippen LogP contribution is 2.15. The van der Waals surface area contributed by atoms with E-state index in [1.54, 1.807) is 43.5 Å². The summed E-state index contributed by atoms with van der Waals surface area (Å²) in [5, 5.41) is 2.83. The van der Waals surface area contributed by atoms with Crippen LogP contribution in [0.3, 0.4) is 0 Å². The number of carbonyl (C=O) groups is 1. The van der Waals surface area contributed by atoms with Crippen LogP contribution in [0.1, 0.15) is 10.4 Å². The SMILES string of the molecule is COc1ccc(NC(=O)c2cc[n+](C)cc2)cc1.[I-]. The summed E-state index contributed by atoms with van der Waals surface area (Å²) >= 11 is 0. The van der Waals surface area contributed by atoms with Gasteiger partial charge >= 0.3 is 0 Å². The second-order valence-corrected chi connectivity index (χ2v) is 3.93. The first kappa shape index (κ1) is 15.4. The van der Waals surface area contributed by atoms with Crippen molar-refractivity contribution in [3.05, 3.63) is 54.4 Å². The largest absolute Gasteiger partial charge is 1.00 e. The number of ether oxygens (including phenoxy) is 1. The smallest absolute Gasteiger partial charge is 0.256 e. The highest BCUT2D eigenvalue weighted by atomic mass is 127. The van der Waals surface area contributed by atoms with Gasteiger partial charge in [0.15, 0.2) is 12.4 Å². The molecular formula is C14H15IN2O2. The van der Waals surface area contributed by atoms with Crippen LogP contribution in [0, 0.1) is 0 Å². The van der Waals surface area contributed by atoms with Crippen LogP contribution in [0.4, 0.5) is 5.69 Å². The third kappa shape index (κ3) is 4.20. The van der Waals surface area contributed by atoms with Crippen molar-refractivity contribution in [2.45, 2.75) is 0 Å². The molecule has 0 fully saturated rings. The van der Waals surface area contributed by atoms with Gasteiger partial charge in [-0.2, -0.15) is 0 Å². The highest BCUT2D eigenvalue weighted by Gasteiger charge is 2.07. The molecule has 5 heteroatoms. The predicted molar refractivity (Wildman–Crippen MR) is 68.6 cm³/mol. The Bertz CT molecular complexity index is 538. The van der Waals surface area contributed by atoms with Crippen molar-refractivity contribution in [1.29, 1.82) is 0 Å². The molecule has 0 saturated heterocycles. The summed E-state index contributed by atoms with van der Waals surface area (Å²) in [5.41, 5.74) is 1.37. The van der Waals surface area contributed by atoms with Crippen molar-refractivity contribution in [1.82, 2.24) is 0 Å². The summed E-state index contributed by atoms with van der Waals surface area (Å²) < 4.78 is 6.94. The summed E-state index contributed by atoms with van der Waals surface area (Å²) in [5.74, 6) is 0.639. The lowest BCUT2D eigenvalue weighted by Gasteiger charge is -2.05. The molecule has 0 aliphatic rings. The molecule has 1 aromatic carbocycles. The highest BCUT2D eigenvalue weighted by molar-refractivity contribution is 6.04. The van der Waals surface area contributed by atoms with Gasteiger partial charge in [-0.1, -0.05) is 0 Å². The Labute approximate surface area is 129 Å². The molecule has 0 bridgehead atoms. The number of rotatable bonds is 3. The lowest BCUT2D eigenvalue weighted by Crippen LogP contribution is -3.00. The Morgan fingerprint density at radius 2 is 1.68 bits per heavy atom. The molecule has 1 aromatic heterocycles. The van der Waals surface area contributed by atoms with Crippen LogP contribution in [-0.2, 0) is 7.05 Å². The lowest BCUT2D eigenvalue weighted by molar-refractivity contribution is -0.671. The number of nitrogens with one attached hydrogen (secondary N) is 1. The van der Waals surface area contributed by atoms with Crippen molar-refractivity contribution in [2.75, 3.05) is 12.4 Å². The zero-order chi connectivity index (χ0) is 13.0. The van der Waals surface area contributed by atoms with Crippen LogP contribution in [0.15, 0.2) is 48.8 Å². The Kier molecular flexibility index (Phi) is 5.75. The number of pyridine rings is 1. The van der Waals surface area contributed by atoms with Crippen molar-refractivity contribution >= 4 is 11.6 Å². The van der Waals surface area contributed by atoms with Crippen LogP contribution in [0.25, 0.3) is 0 Å². The summed E-state index contributed by atoms with van der Waals surface area (Å²) in [6.45, 7) is 0. The maximum absolute atomic E-state index is 11.9. The van der Waals surface area contributed by atoms with Gasteiger partial charge < -0.3 is 34.0 Å². The molecule has 1 heterocycles. The van der Waals surface area contributed by atoms with Gasteiger partial charge in [0, 0.05) is 17.8 Å². The molecule has 0 radical (unpaired) electrons. The number of methoxy groups -OCH3 is 1. The number of hydrogen-bond donors (Lipinski definition) is 1. The van der Waals surface area contributed by atoms with Gasteiger partial charge in [-0.05, 0) is 24.3 Å². The Hall–Kier alpha value is -1.63. The molecule has 0 saturated carbocycles. The molecule has 0 aliphatic carbocycles. The molecule has 0 spiro atoms. The third-order valence-electron chi connectivity index (χ3n) is 2.59. The fraction of sp³-hybridized carbons (Fsp3) is 0.143. The van der Waals surface area contributed by atoms with E-state index >= 15 is 0 Å². The van der Waals surface area contributed by atoms with Crippen LogP contribution in [-0.4, -0.2) is 13.0 Å². The van der Waals surface area contributed by atoms with Gasteiger partial charge in [-0.15, -0.1) is 0 Å². The summed E-state index contributed by atoms with van der Waals surface area (Å²) in [7, 11) is 3.52. The van der Waals surface area contributed by atoms with Gasteiger partial charge in [0.25, 0.3) is 5.91 Å². The normalized spacial score (nSPS) is 9.37. The van der Waals surface area contributed by atoms with Gasteiger partial charge in [-0.3, -0.25) is 4.79 Å². The van der Waals surface area contributed by atoms with E-state index < -0.39 is 0 Å². The average Bonchev–Trinajstić information content (AvgIpc) is 2.40. The number of benzene rings is 1. The molecule has 100 valence electrons. The topological polar surface area (TPSA) is 42.2 Å². The number of hydrogen-bond acceptors (Lipinski definition) is 2. The van der Waals surface area contributed by atoms with E-state index in [1.165, 1.54) is 0 Å². The van der Waals surface area contributed by atoms with Crippen LogP contribution in [0.2, 0.25) is 0 Å². The zero-order valence-electron chi connectivity index (χ0n) is 10.8. The second-order valence-electron chi connectivity index (χ2n) is 3.93. The quantitative estimate of drug-likeness (QED) is 0.544. The molecular weight excluding hydrogens is 355 g/mol. The number of aryl methyl sites for hydroxylation is 1. The molecule has 0 unspecified atom stereocenters. The minimum atomic E-state index is -0.124. The first-order valence-corrected chi connectivity index (χ1v) is 5.60. The van der Waals surface area contributed by atoms with Gasteiger partial charge in [-0.25, -0.2) is 4.57 Å². The zero-order valence-corrected chi connectivity index (χ0v) is 12.9. The molecule has 2 rings (SSSR count). The van der Waals surface area contributed by atoms with Crippen molar-refractivity contribution in [2.24, 2.45) is 7.05 Å². The van der Waals surface area contributed by atoms with E-state index in [2.05, 4.69) is 5.32 Å². The Balaban J connectivity index is 0.00000180. The number of aromatic nitrogens is 1. The summed E-state index contributed by atoms with van der Waals surface area (Å²) in [6, 6.07) is 10.8. The fourth-order valence-electron chi connectivity index (χ4n) is 1.53. The van der Waals surface area contributed by atoms with Crippen molar-refractivity contribution in [3.8, 4) is 5.75 Å². The molecule has 0 aliphatic heterocycles. The first-order valence-electron chi connectivity index (χ1n) is 5.60. The van der Waals surface area contributed by atoms with E-state index in [-0.39, 0.29) is 29.9 Å². The minimum Gasteiger partial charge on any atom is -1.00 e. The monoisotopic (exact) mass is 370 g/mol. The minimum absolute atomic E-state index is 0. The number of halogens is 1. The standard InChI is InChI=1S/C14H14N2O2.HI/c1-16-9-7-11(8-10-16)14(17)15-12-3-5-13(18-2)6-4-12;/h3-10H,1-2H3;1H. The third-order valence-corrected chi connectivity index (χ3v) is 2.59. The van der Waals surface area contributed by atoms with E-state index in [9.17, 15) is 4.79 Å². The molecule has 4 nitrogen and oxygen atoms in total. The maximum Gasteiger partial charge on any atom is 0.256 e. The van der Waals surface area contributed by atoms with E-state index in [0.717, 1.165) is 11.4 Å². The van der Waals surface area contributed by atoms with Crippen LogP contribution in [0.5, 0.6) is 5.75 Å². The fourth-order valence-corrected chi connectivity index (χ4v) is 1.53. The van der Waals surface area contributed by atoms with Gasteiger partial charge in [0.2, 0.25) is 0 Å². The van der Waals surface area contributed by atoms with E-state index in [4.69, 9.17) is 4.74 Å². The lowest BCUT2D eigenvalue weighted by atomic mass is 10.2. The Morgan fingerprint density at radius 3 is 2.21 bits per heavy atom. The van der Waals surface area contributed by atoms with E-state index in [0.29, 0.717) is 5.56 Å². The van der Waals surface area contributed by atoms with Gasteiger partial charge in [0.1, 0.15) is 12.8 Å². The summed E-state index contributed by atoms with van der Waals surface area (Å²) in [4.78, 5) is 11.9. The molecule has 1 N–H and O–H groups in total. The van der Waals surface area contributed by atoms with Gasteiger partial charge in [0.05, 0.1) is 12.7 Å². The second kappa shape index (κ2) is 7.08. The molecule has 0 atom stereocenters. The van der Waals surface area contributed by atoms with Crippen molar-refractivity contribution < 1.29 is 38.1 Å². The maximum atomic E-state index is 11.9. The number of amides is 1. The van der Waals surface area contributed by atoms with Crippen molar-refractivity contribution in [3.63, 3.8) is 0 Å². The van der Waals surface area contributed by atoms with Crippen LogP contribution < -0.4 is 38.6 Å². The summed E-state index contributed by atoms with van der Waals surface area (Å²) in [6.07, 6.45) is 3.67. The number of anilines is 1.